The topological polar surface area (TPSA) is 47.6 Å². The second kappa shape index (κ2) is 5.79. The van der Waals surface area contributed by atoms with Gasteiger partial charge in [-0.15, -0.1) is 0 Å². The van der Waals surface area contributed by atoms with Gasteiger partial charge < -0.3 is 14.8 Å². The molecule has 110 valence electrons. The van der Waals surface area contributed by atoms with Gasteiger partial charge in [0.2, 0.25) is 0 Å². The second-order valence-electron chi connectivity index (χ2n) is 5.62. The molecular formula is C15H20FNO3. The lowest BCUT2D eigenvalue weighted by molar-refractivity contribution is -0.0553. The van der Waals surface area contributed by atoms with Gasteiger partial charge >= 0.3 is 5.97 Å². The highest BCUT2D eigenvalue weighted by molar-refractivity contribution is 5.95. The quantitative estimate of drug-likeness (QED) is 0.865. The van der Waals surface area contributed by atoms with Crippen molar-refractivity contribution in [2.24, 2.45) is 0 Å². The van der Waals surface area contributed by atoms with Gasteiger partial charge in [-0.1, -0.05) is 0 Å². The molecule has 2 rings (SSSR count). The Balaban J connectivity index is 2.18. The Bertz CT molecular complexity index is 502. The molecular weight excluding hydrogens is 261 g/mol. The van der Waals surface area contributed by atoms with Crippen LogP contribution < -0.4 is 5.32 Å². The maximum Gasteiger partial charge on any atom is 0.340 e. The van der Waals surface area contributed by atoms with Crippen LogP contribution in [0.25, 0.3) is 0 Å². The van der Waals surface area contributed by atoms with E-state index < -0.39 is 11.8 Å². The molecule has 1 N–H and O–H groups in total. The maximum absolute atomic E-state index is 13.3. The van der Waals surface area contributed by atoms with E-state index in [1.165, 1.54) is 19.2 Å². The molecule has 0 aromatic heterocycles. The standard InChI is InChI=1S/C15H20FNO3/c1-15(2)9-11(6-7-20-15)17-13-5-4-10(16)8-12(13)14(18)19-3/h4-5,8,11,17H,6-7,9H2,1-3H3. The first-order valence-corrected chi connectivity index (χ1v) is 6.70. The molecule has 1 aromatic rings. The minimum absolute atomic E-state index is 0.188. The van der Waals surface area contributed by atoms with Gasteiger partial charge in [0.1, 0.15) is 5.82 Å². The molecule has 20 heavy (non-hydrogen) atoms. The fourth-order valence-corrected chi connectivity index (χ4v) is 2.50. The third-order valence-electron chi connectivity index (χ3n) is 3.44. The van der Waals surface area contributed by atoms with Gasteiger partial charge in [-0.05, 0) is 44.9 Å². The van der Waals surface area contributed by atoms with E-state index in [4.69, 9.17) is 9.47 Å². The van der Waals surface area contributed by atoms with Gasteiger partial charge in [0.15, 0.2) is 0 Å². The summed E-state index contributed by atoms with van der Waals surface area (Å²) in [6.45, 7) is 4.73. The lowest BCUT2D eigenvalue weighted by atomic mass is 9.93. The number of hydrogen-bond acceptors (Lipinski definition) is 4. The Morgan fingerprint density at radius 2 is 2.25 bits per heavy atom. The number of methoxy groups -OCH3 is 1. The van der Waals surface area contributed by atoms with Gasteiger partial charge in [-0.25, -0.2) is 9.18 Å². The SMILES string of the molecule is COC(=O)c1cc(F)ccc1NC1CCOC(C)(C)C1. The highest BCUT2D eigenvalue weighted by Gasteiger charge is 2.29. The van der Waals surface area contributed by atoms with Crippen LogP contribution >= 0.6 is 0 Å². The minimum atomic E-state index is -0.543. The van der Waals surface area contributed by atoms with Crippen molar-refractivity contribution in [2.75, 3.05) is 19.0 Å². The van der Waals surface area contributed by atoms with Crippen LogP contribution in [0, 0.1) is 5.82 Å². The van der Waals surface area contributed by atoms with Crippen molar-refractivity contribution in [3.8, 4) is 0 Å². The summed E-state index contributed by atoms with van der Waals surface area (Å²) in [6.07, 6.45) is 1.67. The van der Waals surface area contributed by atoms with E-state index >= 15 is 0 Å². The smallest absolute Gasteiger partial charge is 0.340 e. The average molecular weight is 281 g/mol. The summed E-state index contributed by atoms with van der Waals surface area (Å²) in [7, 11) is 1.29. The molecule has 0 bridgehead atoms. The maximum atomic E-state index is 13.3. The predicted molar refractivity (Wildman–Crippen MR) is 74.4 cm³/mol. The van der Waals surface area contributed by atoms with Crippen molar-refractivity contribution in [1.29, 1.82) is 0 Å². The monoisotopic (exact) mass is 281 g/mol. The van der Waals surface area contributed by atoms with Gasteiger partial charge in [0.25, 0.3) is 0 Å². The molecule has 1 unspecified atom stereocenters. The van der Waals surface area contributed by atoms with Crippen LogP contribution in [0.2, 0.25) is 0 Å². The van der Waals surface area contributed by atoms with Crippen LogP contribution in [-0.4, -0.2) is 31.3 Å². The van der Waals surface area contributed by atoms with Crippen LogP contribution in [0.1, 0.15) is 37.0 Å². The molecule has 1 aliphatic heterocycles. The summed E-state index contributed by atoms with van der Waals surface area (Å²) in [6, 6.07) is 4.29. The molecule has 0 aliphatic carbocycles. The zero-order valence-corrected chi connectivity index (χ0v) is 12.0. The van der Waals surface area contributed by atoms with E-state index in [0.717, 1.165) is 12.8 Å². The summed E-state index contributed by atoms with van der Waals surface area (Å²) in [4.78, 5) is 11.7. The summed E-state index contributed by atoms with van der Waals surface area (Å²) >= 11 is 0. The number of nitrogens with one attached hydrogen (secondary N) is 1. The number of rotatable bonds is 3. The number of ether oxygens (including phenoxy) is 2. The summed E-state index contributed by atoms with van der Waals surface area (Å²) < 4.78 is 23.6. The van der Waals surface area contributed by atoms with Crippen LogP contribution in [0.3, 0.4) is 0 Å². The lowest BCUT2D eigenvalue weighted by Gasteiger charge is -2.36. The normalized spacial score (nSPS) is 21.3. The summed E-state index contributed by atoms with van der Waals surface area (Å²) in [5, 5.41) is 3.30. The fourth-order valence-electron chi connectivity index (χ4n) is 2.50. The zero-order valence-electron chi connectivity index (χ0n) is 12.0. The molecule has 1 aromatic carbocycles. The van der Waals surface area contributed by atoms with E-state index in [1.54, 1.807) is 6.07 Å². The van der Waals surface area contributed by atoms with Crippen molar-refractivity contribution < 1.29 is 18.7 Å². The van der Waals surface area contributed by atoms with E-state index in [1.807, 2.05) is 13.8 Å². The van der Waals surface area contributed by atoms with Crippen LogP contribution in [0.15, 0.2) is 18.2 Å². The third-order valence-corrected chi connectivity index (χ3v) is 3.44. The molecule has 0 spiro atoms. The minimum Gasteiger partial charge on any atom is -0.465 e. The predicted octanol–water partition coefficient (Wildman–Crippen LogP) is 2.98. The van der Waals surface area contributed by atoms with Gasteiger partial charge in [0, 0.05) is 18.3 Å². The fraction of sp³-hybridized carbons (Fsp3) is 0.533. The Morgan fingerprint density at radius 3 is 2.90 bits per heavy atom. The molecule has 5 heteroatoms. The summed E-state index contributed by atoms with van der Waals surface area (Å²) in [5.74, 6) is -0.999. The van der Waals surface area contributed by atoms with Crippen molar-refractivity contribution in [3.05, 3.63) is 29.6 Å². The Labute approximate surface area is 118 Å². The van der Waals surface area contributed by atoms with Crippen molar-refractivity contribution in [2.45, 2.75) is 38.3 Å². The Kier molecular flexibility index (Phi) is 4.28. The highest BCUT2D eigenvalue weighted by Crippen LogP contribution is 2.28. The molecule has 4 nitrogen and oxygen atoms in total. The van der Waals surface area contributed by atoms with E-state index in [9.17, 15) is 9.18 Å². The first-order chi connectivity index (χ1) is 9.41. The molecule has 1 aliphatic rings. The van der Waals surface area contributed by atoms with Crippen LogP contribution in [-0.2, 0) is 9.47 Å². The first-order valence-electron chi connectivity index (χ1n) is 6.70. The van der Waals surface area contributed by atoms with Gasteiger partial charge in [-0.3, -0.25) is 0 Å². The van der Waals surface area contributed by atoms with Crippen LogP contribution in [0.5, 0.6) is 0 Å². The van der Waals surface area contributed by atoms with Crippen molar-refractivity contribution in [3.63, 3.8) is 0 Å². The Morgan fingerprint density at radius 1 is 1.50 bits per heavy atom. The largest absolute Gasteiger partial charge is 0.465 e. The van der Waals surface area contributed by atoms with E-state index in [0.29, 0.717) is 12.3 Å². The lowest BCUT2D eigenvalue weighted by Crippen LogP contribution is -2.40. The number of esters is 1. The number of hydrogen-bond donors (Lipinski definition) is 1. The second-order valence-corrected chi connectivity index (χ2v) is 5.62. The molecule has 0 saturated carbocycles. The van der Waals surface area contributed by atoms with Gasteiger partial charge in [0.05, 0.1) is 18.3 Å². The number of benzene rings is 1. The first kappa shape index (κ1) is 14.8. The van der Waals surface area contributed by atoms with Crippen molar-refractivity contribution >= 4 is 11.7 Å². The van der Waals surface area contributed by atoms with Gasteiger partial charge in [-0.2, -0.15) is 0 Å². The molecule has 0 amide bonds. The Hall–Kier alpha value is -1.62. The zero-order chi connectivity index (χ0) is 14.8. The third kappa shape index (κ3) is 3.48. The van der Waals surface area contributed by atoms with E-state index in [-0.39, 0.29) is 17.2 Å². The number of anilines is 1. The number of halogens is 1. The molecule has 1 heterocycles. The molecule has 1 fully saturated rings. The number of carbonyl (C=O) groups excluding carboxylic acids is 1. The highest BCUT2D eigenvalue weighted by atomic mass is 19.1. The average Bonchev–Trinajstić information content (AvgIpc) is 2.39. The summed E-state index contributed by atoms with van der Waals surface area (Å²) in [5.41, 5.74) is 0.624. The molecule has 0 radical (unpaired) electrons. The molecule has 1 saturated heterocycles. The van der Waals surface area contributed by atoms with Crippen molar-refractivity contribution in [1.82, 2.24) is 0 Å². The van der Waals surface area contributed by atoms with E-state index in [2.05, 4.69) is 5.32 Å². The van der Waals surface area contributed by atoms with Crippen LogP contribution in [0.4, 0.5) is 10.1 Å². The molecule has 1 atom stereocenters. The number of carbonyl (C=O) groups is 1.